The maximum atomic E-state index is 12.9. The Bertz CT molecular complexity index is 759. The van der Waals surface area contributed by atoms with Gasteiger partial charge in [-0.25, -0.2) is 0 Å². The predicted octanol–water partition coefficient (Wildman–Crippen LogP) is 2.87. The third kappa shape index (κ3) is 2.61. The van der Waals surface area contributed by atoms with E-state index in [9.17, 15) is 4.79 Å². The molecule has 0 radical (unpaired) electrons. The van der Waals surface area contributed by atoms with Crippen LogP contribution in [-0.2, 0) is 0 Å². The maximum absolute atomic E-state index is 12.9. The van der Waals surface area contributed by atoms with E-state index >= 15 is 0 Å². The molecule has 1 aliphatic carbocycles. The highest BCUT2D eigenvalue weighted by molar-refractivity contribution is 5.95. The highest BCUT2D eigenvalue weighted by Gasteiger charge is 2.42. The summed E-state index contributed by atoms with van der Waals surface area (Å²) in [6.45, 7) is 3.56. The Morgan fingerprint density at radius 1 is 1.12 bits per heavy atom. The summed E-state index contributed by atoms with van der Waals surface area (Å²) in [6, 6.07) is 14.2. The van der Waals surface area contributed by atoms with Crippen LogP contribution in [0.15, 0.2) is 42.5 Å². The monoisotopic (exact) mass is 321 g/mol. The average molecular weight is 321 g/mol. The molecule has 2 aromatic rings. The Morgan fingerprint density at radius 3 is 2.62 bits per heavy atom. The van der Waals surface area contributed by atoms with E-state index in [0.29, 0.717) is 17.4 Å². The molecule has 3 atom stereocenters. The van der Waals surface area contributed by atoms with Crippen molar-refractivity contribution in [2.45, 2.75) is 25.8 Å². The lowest BCUT2D eigenvalue weighted by molar-refractivity contribution is 0.0778. The van der Waals surface area contributed by atoms with Gasteiger partial charge in [-0.05, 0) is 43.7 Å². The van der Waals surface area contributed by atoms with Crippen LogP contribution in [0, 0.1) is 18.8 Å². The number of carbonyl (C=O) groups excluding carboxylic acids is 1. The van der Waals surface area contributed by atoms with Crippen molar-refractivity contribution in [1.29, 1.82) is 0 Å². The van der Waals surface area contributed by atoms with E-state index in [1.54, 1.807) is 0 Å². The molecule has 4 heteroatoms. The summed E-state index contributed by atoms with van der Waals surface area (Å²) < 4.78 is 0. The molecule has 1 amide bonds. The van der Waals surface area contributed by atoms with Crippen molar-refractivity contribution in [2.24, 2.45) is 17.6 Å². The molecule has 4 rings (SSSR count). The standard InChI is InChI=1S/C20H23N3O/c1-13-16(8-10-19(22-13)14-5-3-2-4-6-14)20(24)23-11-15-7-9-18(21)17(15)12-23/h2-6,8,10,15,17-18H,7,9,11-12,21H2,1H3. The van der Waals surface area contributed by atoms with Crippen LogP contribution in [-0.4, -0.2) is 34.9 Å². The van der Waals surface area contributed by atoms with Gasteiger partial charge in [0.1, 0.15) is 0 Å². The first-order chi connectivity index (χ1) is 11.6. The van der Waals surface area contributed by atoms with E-state index in [1.807, 2.05) is 54.3 Å². The van der Waals surface area contributed by atoms with Gasteiger partial charge in [-0.2, -0.15) is 0 Å². The van der Waals surface area contributed by atoms with Crippen LogP contribution in [0.2, 0.25) is 0 Å². The Hall–Kier alpha value is -2.20. The summed E-state index contributed by atoms with van der Waals surface area (Å²) in [7, 11) is 0. The van der Waals surface area contributed by atoms with Crippen LogP contribution in [0.3, 0.4) is 0 Å². The number of amides is 1. The summed E-state index contributed by atoms with van der Waals surface area (Å²) in [5.41, 5.74) is 9.67. The Kier molecular flexibility index (Phi) is 3.85. The van der Waals surface area contributed by atoms with Crippen molar-refractivity contribution in [3.05, 3.63) is 53.7 Å². The molecule has 1 aromatic heterocycles. The van der Waals surface area contributed by atoms with Gasteiger partial charge in [0, 0.05) is 24.7 Å². The minimum Gasteiger partial charge on any atom is -0.338 e. The fraction of sp³-hybridized carbons (Fsp3) is 0.400. The molecule has 2 aliphatic rings. The van der Waals surface area contributed by atoms with Crippen LogP contribution in [0.5, 0.6) is 0 Å². The number of rotatable bonds is 2. The molecule has 24 heavy (non-hydrogen) atoms. The van der Waals surface area contributed by atoms with E-state index in [1.165, 1.54) is 0 Å². The van der Waals surface area contributed by atoms with Gasteiger partial charge in [0.15, 0.2) is 0 Å². The highest BCUT2D eigenvalue weighted by Crippen LogP contribution is 2.37. The van der Waals surface area contributed by atoms with Crippen molar-refractivity contribution >= 4 is 5.91 Å². The second kappa shape index (κ2) is 6.02. The molecule has 4 nitrogen and oxygen atoms in total. The van der Waals surface area contributed by atoms with Gasteiger partial charge in [-0.1, -0.05) is 30.3 Å². The number of pyridine rings is 1. The van der Waals surface area contributed by atoms with Crippen molar-refractivity contribution in [1.82, 2.24) is 9.88 Å². The summed E-state index contributed by atoms with van der Waals surface area (Å²) in [5.74, 6) is 1.16. The number of aryl methyl sites for hydroxylation is 1. The third-order valence-electron chi connectivity index (χ3n) is 5.59. The van der Waals surface area contributed by atoms with Crippen LogP contribution in [0.4, 0.5) is 0 Å². The summed E-state index contributed by atoms with van der Waals surface area (Å²) >= 11 is 0. The van der Waals surface area contributed by atoms with Gasteiger partial charge in [0.25, 0.3) is 5.91 Å². The average Bonchev–Trinajstić information content (AvgIpc) is 3.17. The molecule has 124 valence electrons. The van der Waals surface area contributed by atoms with E-state index in [4.69, 9.17) is 5.73 Å². The number of nitrogens with two attached hydrogens (primary N) is 1. The predicted molar refractivity (Wildman–Crippen MR) is 94.5 cm³/mol. The van der Waals surface area contributed by atoms with E-state index in [0.717, 1.165) is 42.9 Å². The molecule has 0 spiro atoms. The van der Waals surface area contributed by atoms with Gasteiger partial charge in [0.05, 0.1) is 17.0 Å². The molecule has 1 aromatic carbocycles. The number of fused-ring (bicyclic) bond motifs is 1. The number of nitrogens with zero attached hydrogens (tertiary/aromatic N) is 2. The molecule has 0 bridgehead atoms. The lowest BCUT2D eigenvalue weighted by Gasteiger charge is -2.19. The highest BCUT2D eigenvalue weighted by atomic mass is 16.2. The van der Waals surface area contributed by atoms with Gasteiger partial charge in [-0.15, -0.1) is 0 Å². The minimum absolute atomic E-state index is 0.0983. The van der Waals surface area contributed by atoms with Gasteiger partial charge in [0.2, 0.25) is 0 Å². The summed E-state index contributed by atoms with van der Waals surface area (Å²) in [5, 5.41) is 0. The van der Waals surface area contributed by atoms with Gasteiger partial charge in [-0.3, -0.25) is 9.78 Å². The van der Waals surface area contributed by atoms with Crippen molar-refractivity contribution < 1.29 is 4.79 Å². The molecule has 3 unspecified atom stereocenters. The van der Waals surface area contributed by atoms with Crippen LogP contribution >= 0.6 is 0 Å². The zero-order valence-corrected chi connectivity index (χ0v) is 14.0. The molecule has 1 saturated carbocycles. The lowest BCUT2D eigenvalue weighted by atomic mass is 9.98. The topological polar surface area (TPSA) is 59.2 Å². The Labute approximate surface area is 142 Å². The molecule has 1 aliphatic heterocycles. The van der Waals surface area contributed by atoms with Gasteiger partial charge >= 0.3 is 0 Å². The van der Waals surface area contributed by atoms with Crippen molar-refractivity contribution in [2.75, 3.05) is 13.1 Å². The smallest absolute Gasteiger partial charge is 0.255 e. The summed E-state index contributed by atoms with van der Waals surface area (Å²) in [6.07, 6.45) is 2.25. The van der Waals surface area contributed by atoms with E-state index < -0.39 is 0 Å². The zero-order valence-electron chi connectivity index (χ0n) is 14.0. The minimum atomic E-state index is 0.0983. The Morgan fingerprint density at radius 2 is 1.92 bits per heavy atom. The normalized spacial score (nSPS) is 25.8. The molecule has 2 N–H and O–H groups in total. The number of carbonyl (C=O) groups is 1. The largest absolute Gasteiger partial charge is 0.338 e. The molecule has 2 fully saturated rings. The first kappa shape index (κ1) is 15.3. The number of aromatic nitrogens is 1. The number of hydrogen-bond donors (Lipinski definition) is 1. The zero-order chi connectivity index (χ0) is 16.7. The molecular formula is C20H23N3O. The molecule has 2 heterocycles. The molecular weight excluding hydrogens is 298 g/mol. The number of benzene rings is 1. The van der Waals surface area contributed by atoms with Crippen molar-refractivity contribution in [3.63, 3.8) is 0 Å². The van der Waals surface area contributed by atoms with E-state index in [-0.39, 0.29) is 11.9 Å². The third-order valence-corrected chi connectivity index (χ3v) is 5.59. The first-order valence-corrected chi connectivity index (χ1v) is 8.71. The first-order valence-electron chi connectivity index (χ1n) is 8.71. The maximum Gasteiger partial charge on any atom is 0.255 e. The SMILES string of the molecule is Cc1nc(-c2ccccc2)ccc1C(=O)N1CC2CCC(N)C2C1. The van der Waals surface area contributed by atoms with Crippen LogP contribution < -0.4 is 5.73 Å². The van der Waals surface area contributed by atoms with E-state index in [2.05, 4.69) is 4.98 Å². The second-order valence-corrected chi connectivity index (χ2v) is 7.07. The molecule has 1 saturated heterocycles. The van der Waals surface area contributed by atoms with Crippen LogP contribution in [0.1, 0.15) is 28.9 Å². The quantitative estimate of drug-likeness (QED) is 0.925. The Balaban J connectivity index is 1.55. The van der Waals surface area contributed by atoms with Crippen molar-refractivity contribution in [3.8, 4) is 11.3 Å². The lowest BCUT2D eigenvalue weighted by Crippen LogP contribution is -2.33. The fourth-order valence-corrected chi connectivity index (χ4v) is 4.20. The second-order valence-electron chi connectivity index (χ2n) is 7.07. The van der Waals surface area contributed by atoms with Gasteiger partial charge < -0.3 is 10.6 Å². The number of likely N-dealkylation sites (tertiary alicyclic amines) is 1. The summed E-state index contributed by atoms with van der Waals surface area (Å²) in [4.78, 5) is 19.5. The fourth-order valence-electron chi connectivity index (χ4n) is 4.20. The number of hydrogen-bond acceptors (Lipinski definition) is 3. The van der Waals surface area contributed by atoms with Crippen LogP contribution in [0.25, 0.3) is 11.3 Å².